The number of aliphatic imine (C=N–C) groups is 1. The largest absolute Gasteiger partial charge is 0.343 e. The highest BCUT2D eigenvalue weighted by atomic mass is 32.1. The molecule has 5 heteroatoms. The zero-order valence-electron chi connectivity index (χ0n) is 4.44. The van der Waals surface area contributed by atoms with Crippen LogP contribution < -0.4 is 0 Å². The van der Waals surface area contributed by atoms with Crippen molar-refractivity contribution in [3.8, 4) is 0 Å². The first-order valence-electron chi connectivity index (χ1n) is 2.22. The van der Waals surface area contributed by atoms with Crippen LogP contribution in [0.2, 0.25) is 0 Å². The normalized spacial score (nSPS) is 8.44. The monoisotopic (exact) mass is 141 g/mol. The fourth-order valence-corrected chi connectivity index (χ4v) is 0.430. The molecule has 0 atom stereocenters. The van der Waals surface area contributed by atoms with Crippen LogP contribution >= 0.6 is 12.2 Å². The summed E-state index contributed by atoms with van der Waals surface area (Å²) in [4.78, 5) is 7.29. The molecule has 9 heavy (non-hydrogen) atoms. The molecular weight excluding hydrogens is 138 g/mol. The van der Waals surface area contributed by atoms with Crippen LogP contribution in [0.15, 0.2) is 15.9 Å². The Bertz CT molecular complexity index is 214. The number of thiocarbonyl (C=S) groups is 1. The molecule has 0 aliphatic rings. The first-order chi connectivity index (χ1) is 4.43. The van der Waals surface area contributed by atoms with E-state index >= 15 is 0 Å². The lowest BCUT2D eigenvalue weighted by Crippen LogP contribution is -1.81. The van der Waals surface area contributed by atoms with Gasteiger partial charge in [-0.2, -0.15) is 4.98 Å². The predicted molar refractivity (Wildman–Crippen MR) is 33.0 cm³/mol. The molecule has 0 radical (unpaired) electrons. The third kappa shape index (κ3) is 1.71. The summed E-state index contributed by atoms with van der Waals surface area (Å²) in [7, 11) is 0. The van der Waals surface area contributed by atoms with Crippen molar-refractivity contribution in [1.29, 1.82) is 0 Å². The van der Waals surface area contributed by atoms with Crippen molar-refractivity contribution in [1.82, 2.24) is 10.1 Å². The summed E-state index contributed by atoms with van der Waals surface area (Å²) in [6.45, 7) is 0.347. The lowest BCUT2D eigenvalue weighted by molar-refractivity contribution is 0.410. The van der Waals surface area contributed by atoms with Crippen LogP contribution in [0.1, 0.15) is 5.82 Å². The van der Waals surface area contributed by atoms with Crippen LogP contribution in [-0.4, -0.2) is 15.3 Å². The van der Waals surface area contributed by atoms with E-state index in [-0.39, 0.29) is 0 Å². The van der Waals surface area contributed by atoms with Crippen LogP contribution in [0.5, 0.6) is 0 Å². The lowest BCUT2D eigenvalue weighted by Gasteiger charge is -1.76. The maximum absolute atomic E-state index is 4.43. The first-order valence-corrected chi connectivity index (χ1v) is 2.63. The van der Waals surface area contributed by atoms with E-state index in [2.05, 4.69) is 37.0 Å². The zero-order chi connectivity index (χ0) is 6.53. The number of nitrogens with zero attached hydrogens (tertiary/aromatic N) is 3. The van der Waals surface area contributed by atoms with Crippen molar-refractivity contribution in [2.45, 2.75) is 6.54 Å². The van der Waals surface area contributed by atoms with Crippen LogP contribution in [0, 0.1) is 0 Å². The van der Waals surface area contributed by atoms with E-state index in [9.17, 15) is 0 Å². The molecule has 1 aromatic rings. The maximum atomic E-state index is 4.43. The molecule has 1 heterocycles. The van der Waals surface area contributed by atoms with Gasteiger partial charge in [0.1, 0.15) is 6.54 Å². The molecule has 0 unspecified atom stereocenters. The van der Waals surface area contributed by atoms with E-state index in [1.807, 2.05) is 0 Å². The zero-order valence-corrected chi connectivity index (χ0v) is 5.26. The maximum Gasteiger partial charge on any atom is 0.213 e. The van der Waals surface area contributed by atoms with Gasteiger partial charge in [0.2, 0.25) is 6.39 Å². The van der Waals surface area contributed by atoms with Gasteiger partial charge in [0, 0.05) is 0 Å². The van der Waals surface area contributed by atoms with E-state index in [0.717, 1.165) is 0 Å². The van der Waals surface area contributed by atoms with Crippen molar-refractivity contribution in [2.24, 2.45) is 4.99 Å². The Kier molecular flexibility index (Phi) is 2.06. The summed E-state index contributed by atoms with van der Waals surface area (Å²) in [5.41, 5.74) is 0. The van der Waals surface area contributed by atoms with Gasteiger partial charge in [-0.1, -0.05) is 5.16 Å². The molecule has 0 aliphatic carbocycles. The molecular formula is C4H3N3OS. The molecule has 1 aromatic heterocycles. The molecule has 0 spiro atoms. The Morgan fingerprint density at radius 2 is 2.78 bits per heavy atom. The van der Waals surface area contributed by atoms with Gasteiger partial charge in [0.25, 0.3) is 0 Å². The van der Waals surface area contributed by atoms with Crippen molar-refractivity contribution in [3.63, 3.8) is 0 Å². The van der Waals surface area contributed by atoms with Crippen LogP contribution in [0.25, 0.3) is 0 Å². The number of hydrogen-bond donors (Lipinski definition) is 0. The quantitative estimate of drug-likeness (QED) is 0.448. The molecule has 4 nitrogen and oxygen atoms in total. The summed E-state index contributed by atoms with van der Waals surface area (Å²) >= 11 is 4.32. The highest BCUT2D eigenvalue weighted by Gasteiger charge is 1.92. The van der Waals surface area contributed by atoms with E-state index in [4.69, 9.17) is 0 Å². The molecule has 0 bridgehead atoms. The molecule has 46 valence electrons. The van der Waals surface area contributed by atoms with Crippen molar-refractivity contribution in [2.75, 3.05) is 0 Å². The van der Waals surface area contributed by atoms with E-state index < -0.39 is 0 Å². The minimum Gasteiger partial charge on any atom is -0.343 e. The molecule has 0 aromatic carbocycles. The second kappa shape index (κ2) is 3.06. The molecule has 0 saturated carbocycles. The second-order valence-electron chi connectivity index (χ2n) is 1.25. The Balaban J connectivity index is 2.57. The minimum absolute atomic E-state index is 0.347. The number of rotatable bonds is 2. The van der Waals surface area contributed by atoms with Crippen molar-refractivity contribution < 1.29 is 4.52 Å². The van der Waals surface area contributed by atoms with Gasteiger partial charge in [-0.05, 0) is 12.2 Å². The fourth-order valence-electron chi connectivity index (χ4n) is 0.365. The fraction of sp³-hybridized carbons (Fsp3) is 0.250. The second-order valence-corrected chi connectivity index (χ2v) is 1.44. The molecule has 0 N–H and O–H groups in total. The molecule has 0 aliphatic heterocycles. The SMILES string of the molecule is S=C=NCc1ncon1. The Hall–Kier alpha value is -1.06. The standard InChI is InChI=1S/C4H3N3OS/c9-3-5-1-4-6-2-8-7-4/h2H,1H2. The molecule has 0 saturated heterocycles. The van der Waals surface area contributed by atoms with Gasteiger partial charge in [0.05, 0.1) is 5.16 Å². The third-order valence-electron chi connectivity index (χ3n) is 0.692. The van der Waals surface area contributed by atoms with E-state index in [1.54, 1.807) is 0 Å². The van der Waals surface area contributed by atoms with Gasteiger partial charge >= 0.3 is 0 Å². The summed E-state index contributed by atoms with van der Waals surface area (Å²) in [5, 5.41) is 5.68. The first kappa shape index (κ1) is 6.07. The van der Waals surface area contributed by atoms with Crippen LogP contribution in [0.4, 0.5) is 0 Å². The van der Waals surface area contributed by atoms with Gasteiger partial charge in [-0.25, -0.2) is 4.99 Å². The van der Waals surface area contributed by atoms with Crippen molar-refractivity contribution >= 4 is 17.4 Å². The van der Waals surface area contributed by atoms with Gasteiger partial charge in [-0.15, -0.1) is 0 Å². The summed E-state index contributed by atoms with van der Waals surface area (Å²) < 4.78 is 4.43. The number of isothiocyanates is 1. The van der Waals surface area contributed by atoms with Gasteiger partial charge < -0.3 is 4.52 Å². The van der Waals surface area contributed by atoms with E-state index in [0.29, 0.717) is 12.4 Å². The number of aromatic nitrogens is 2. The topological polar surface area (TPSA) is 51.3 Å². The predicted octanol–water partition coefficient (Wildman–Crippen LogP) is 0.672. The molecule has 0 amide bonds. The van der Waals surface area contributed by atoms with Crippen LogP contribution in [-0.2, 0) is 6.54 Å². The summed E-state index contributed by atoms with van der Waals surface area (Å²) in [6.07, 6.45) is 1.24. The average Bonchev–Trinajstić information content (AvgIpc) is 2.34. The smallest absolute Gasteiger partial charge is 0.213 e. The lowest BCUT2D eigenvalue weighted by atomic mass is 10.6. The van der Waals surface area contributed by atoms with E-state index in [1.165, 1.54) is 6.39 Å². The molecule has 1 rings (SSSR count). The Labute approximate surface area is 56.6 Å². The highest BCUT2D eigenvalue weighted by Crippen LogP contribution is 1.88. The summed E-state index contributed by atoms with van der Waals surface area (Å²) in [6, 6.07) is 0. The van der Waals surface area contributed by atoms with Crippen LogP contribution in [0.3, 0.4) is 0 Å². The van der Waals surface area contributed by atoms with Crippen molar-refractivity contribution in [3.05, 3.63) is 12.2 Å². The highest BCUT2D eigenvalue weighted by molar-refractivity contribution is 7.78. The summed E-state index contributed by atoms with van der Waals surface area (Å²) in [5.74, 6) is 0.521. The van der Waals surface area contributed by atoms with Gasteiger partial charge in [0.15, 0.2) is 5.82 Å². The van der Waals surface area contributed by atoms with Gasteiger partial charge in [-0.3, -0.25) is 0 Å². The third-order valence-corrected chi connectivity index (χ3v) is 0.821. The Morgan fingerprint density at radius 1 is 1.89 bits per heavy atom. The number of hydrogen-bond acceptors (Lipinski definition) is 5. The average molecular weight is 141 g/mol. The Morgan fingerprint density at radius 3 is 3.33 bits per heavy atom. The minimum atomic E-state index is 0.347. The molecule has 0 fully saturated rings.